The Morgan fingerprint density at radius 2 is 1.93 bits per heavy atom. The molecule has 0 aliphatic carbocycles. The van der Waals surface area contributed by atoms with Gasteiger partial charge in [0, 0.05) is 23.7 Å². The highest BCUT2D eigenvalue weighted by Gasteiger charge is 2.15. The van der Waals surface area contributed by atoms with Gasteiger partial charge < -0.3 is 4.57 Å². The van der Waals surface area contributed by atoms with Crippen molar-refractivity contribution in [3.8, 4) is 0 Å². The lowest BCUT2D eigenvalue weighted by atomic mass is 10.2. The second-order valence-electron chi connectivity index (χ2n) is 3.56. The van der Waals surface area contributed by atoms with Crippen LogP contribution in [0.4, 0.5) is 0 Å². The van der Waals surface area contributed by atoms with Crippen molar-refractivity contribution in [2.24, 2.45) is 0 Å². The molecular weight excluding hydrogens is 210 g/mol. The number of hydrogen-bond acceptors (Lipinski definition) is 2. The van der Waals surface area contributed by atoms with E-state index in [1.54, 1.807) is 6.07 Å². The Kier molecular flexibility index (Phi) is 2.31. The molecule has 0 atom stereocenters. The Balaban J connectivity index is 2.87. The summed E-state index contributed by atoms with van der Waals surface area (Å²) in [7, 11) is -3.14. The average molecular weight is 223 g/mol. The van der Waals surface area contributed by atoms with Gasteiger partial charge in [-0.3, -0.25) is 0 Å². The monoisotopic (exact) mass is 223 g/mol. The van der Waals surface area contributed by atoms with Crippen LogP contribution >= 0.6 is 0 Å². The number of aromatic nitrogens is 1. The van der Waals surface area contributed by atoms with E-state index in [1.807, 2.05) is 35.8 Å². The number of fused-ring (bicyclic) bond motifs is 1. The summed E-state index contributed by atoms with van der Waals surface area (Å²) in [5, 5.41) is 1.37. The molecule has 2 aromatic rings. The van der Waals surface area contributed by atoms with Gasteiger partial charge in [-0.25, -0.2) is 8.42 Å². The number of benzene rings is 1. The van der Waals surface area contributed by atoms with Crippen LogP contribution in [0.2, 0.25) is 0 Å². The van der Waals surface area contributed by atoms with E-state index in [9.17, 15) is 8.42 Å². The van der Waals surface area contributed by atoms with Crippen molar-refractivity contribution in [3.63, 3.8) is 0 Å². The van der Waals surface area contributed by atoms with Crippen LogP contribution in [0.5, 0.6) is 0 Å². The lowest BCUT2D eigenvalue weighted by Gasteiger charge is -2.05. The van der Waals surface area contributed by atoms with Crippen LogP contribution in [-0.2, 0) is 16.4 Å². The Hall–Kier alpha value is -1.29. The fourth-order valence-electron chi connectivity index (χ4n) is 1.82. The lowest BCUT2D eigenvalue weighted by molar-refractivity contribution is 0.587. The van der Waals surface area contributed by atoms with E-state index in [0.29, 0.717) is 11.6 Å². The largest absolute Gasteiger partial charge is 0.332 e. The summed E-state index contributed by atoms with van der Waals surface area (Å²) in [6.07, 6.45) is 1.24. The molecule has 1 aromatic carbocycles. The van der Waals surface area contributed by atoms with Crippen LogP contribution in [0.15, 0.2) is 35.4 Å². The van der Waals surface area contributed by atoms with E-state index in [-0.39, 0.29) is 0 Å². The molecule has 80 valence electrons. The van der Waals surface area contributed by atoms with Gasteiger partial charge in [-0.1, -0.05) is 18.2 Å². The fourth-order valence-corrected chi connectivity index (χ4v) is 2.79. The molecule has 0 unspecified atom stereocenters. The zero-order chi connectivity index (χ0) is 11.1. The molecule has 0 amide bonds. The first kappa shape index (κ1) is 10.2. The zero-order valence-electron chi connectivity index (χ0n) is 8.77. The summed E-state index contributed by atoms with van der Waals surface area (Å²) in [5.74, 6) is 0. The molecule has 0 spiro atoms. The van der Waals surface area contributed by atoms with Gasteiger partial charge in [-0.05, 0) is 19.1 Å². The van der Waals surface area contributed by atoms with Gasteiger partial charge in [0.2, 0.25) is 0 Å². The first-order valence-electron chi connectivity index (χ1n) is 4.82. The summed E-state index contributed by atoms with van der Waals surface area (Å²) in [4.78, 5) is 0. The predicted molar refractivity (Wildman–Crippen MR) is 60.7 cm³/mol. The predicted octanol–water partition coefficient (Wildman–Crippen LogP) is 2.06. The third-order valence-electron chi connectivity index (χ3n) is 2.47. The van der Waals surface area contributed by atoms with Crippen molar-refractivity contribution < 1.29 is 8.42 Å². The summed E-state index contributed by atoms with van der Waals surface area (Å²) in [5.41, 5.74) is 0.973. The Morgan fingerprint density at radius 1 is 1.27 bits per heavy atom. The third kappa shape index (κ3) is 1.65. The van der Waals surface area contributed by atoms with Crippen molar-refractivity contribution in [3.05, 3.63) is 30.3 Å². The van der Waals surface area contributed by atoms with E-state index < -0.39 is 9.84 Å². The summed E-state index contributed by atoms with van der Waals surface area (Å²) < 4.78 is 24.9. The number of aryl methyl sites for hydroxylation is 1. The van der Waals surface area contributed by atoms with Crippen LogP contribution < -0.4 is 0 Å². The highest BCUT2D eigenvalue weighted by molar-refractivity contribution is 7.90. The minimum absolute atomic E-state index is 0.395. The molecular formula is C11H13NO2S. The number of rotatable bonds is 2. The fraction of sp³-hybridized carbons (Fsp3) is 0.273. The number of para-hydroxylation sites is 1. The van der Waals surface area contributed by atoms with Crippen molar-refractivity contribution in [1.29, 1.82) is 0 Å². The Morgan fingerprint density at radius 3 is 2.53 bits per heavy atom. The summed E-state index contributed by atoms with van der Waals surface area (Å²) in [6.45, 7) is 2.61. The van der Waals surface area contributed by atoms with E-state index in [4.69, 9.17) is 0 Å². The van der Waals surface area contributed by atoms with Crippen LogP contribution in [0.1, 0.15) is 6.92 Å². The number of nitrogens with zero attached hydrogens (tertiary/aromatic N) is 1. The topological polar surface area (TPSA) is 39.1 Å². The van der Waals surface area contributed by atoms with Gasteiger partial charge in [0.1, 0.15) is 5.03 Å². The zero-order valence-corrected chi connectivity index (χ0v) is 9.58. The van der Waals surface area contributed by atoms with Crippen LogP contribution in [0, 0.1) is 0 Å². The number of hydrogen-bond donors (Lipinski definition) is 0. The molecule has 0 saturated carbocycles. The lowest BCUT2D eigenvalue weighted by Crippen LogP contribution is -2.06. The molecule has 0 saturated heterocycles. The van der Waals surface area contributed by atoms with Gasteiger partial charge in [-0.2, -0.15) is 0 Å². The molecule has 0 N–H and O–H groups in total. The molecule has 1 aromatic heterocycles. The highest BCUT2D eigenvalue weighted by Crippen LogP contribution is 2.22. The van der Waals surface area contributed by atoms with Crippen molar-refractivity contribution in [2.75, 3.05) is 6.26 Å². The Labute approximate surface area is 89.3 Å². The minimum Gasteiger partial charge on any atom is -0.332 e. The smallest absolute Gasteiger partial charge is 0.190 e. The molecule has 4 heteroatoms. The molecule has 0 aliphatic rings. The maximum absolute atomic E-state index is 11.6. The van der Waals surface area contributed by atoms with Crippen molar-refractivity contribution in [2.45, 2.75) is 18.5 Å². The van der Waals surface area contributed by atoms with Gasteiger partial charge in [-0.15, -0.1) is 0 Å². The molecule has 0 fully saturated rings. The van der Waals surface area contributed by atoms with E-state index >= 15 is 0 Å². The quantitative estimate of drug-likeness (QED) is 0.781. The summed E-state index contributed by atoms with van der Waals surface area (Å²) >= 11 is 0. The van der Waals surface area contributed by atoms with Gasteiger partial charge in [0.15, 0.2) is 9.84 Å². The van der Waals surface area contributed by atoms with E-state index in [1.165, 1.54) is 6.26 Å². The molecule has 2 rings (SSSR count). The SMILES string of the molecule is CCn1c(S(C)(=O)=O)cc2ccccc21. The van der Waals surface area contributed by atoms with Gasteiger partial charge >= 0.3 is 0 Å². The maximum atomic E-state index is 11.6. The molecule has 1 heterocycles. The minimum atomic E-state index is -3.14. The standard InChI is InChI=1S/C11H13NO2S/c1-3-12-10-7-5-4-6-9(10)8-11(12)15(2,13)14/h4-8H,3H2,1-2H3. The second kappa shape index (κ2) is 3.38. The second-order valence-corrected chi connectivity index (χ2v) is 5.52. The molecule has 0 radical (unpaired) electrons. The van der Waals surface area contributed by atoms with Crippen LogP contribution in [-0.4, -0.2) is 19.2 Å². The molecule has 0 bridgehead atoms. The maximum Gasteiger partial charge on any atom is 0.190 e. The molecule has 3 nitrogen and oxygen atoms in total. The van der Waals surface area contributed by atoms with Crippen LogP contribution in [0.25, 0.3) is 10.9 Å². The van der Waals surface area contributed by atoms with E-state index in [0.717, 1.165) is 10.9 Å². The Bertz CT molecular complexity index is 596. The summed E-state index contributed by atoms with van der Waals surface area (Å²) in [6, 6.07) is 9.42. The third-order valence-corrected chi connectivity index (χ3v) is 3.57. The van der Waals surface area contributed by atoms with Gasteiger partial charge in [0.25, 0.3) is 0 Å². The van der Waals surface area contributed by atoms with Crippen molar-refractivity contribution in [1.82, 2.24) is 4.57 Å². The first-order chi connectivity index (χ1) is 7.04. The van der Waals surface area contributed by atoms with Gasteiger partial charge in [0.05, 0.1) is 0 Å². The first-order valence-corrected chi connectivity index (χ1v) is 6.71. The van der Waals surface area contributed by atoms with Crippen molar-refractivity contribution >= 4 is 20.7 Å². The molecule has 15 heavy (non-hydrogen) atoms. The molecule has 0 aliphatic heterocycles. The normalized spacial score (nSPS) is 12.1. The van der Waals surface area contributed by atoms with Crippen LogP contribution in [0.3, 0.4) is 0 Å². The average Bonchev–Trinajstić information content (AvgIpc) is 2.55. The number of sulfone groups is 1. The van der Waals surface area contributed by atoms with E-state index in [2.05, 4.69) is 0 Å². The highest BCUT2D eigenvalue weighted by atomic mass is 32.2.